The molecule has 0 N–H and O–H groups in total. The van der Waals surface area contributed by atoms with Crippen LogP contribution in [0.5, 0.6) is 0 Å². The summed E-state index contributed by atoms with van der Waals surface area (Å²) in [5, 5.41) is 1.31. The third kappa shape index (κ3) is 3.11. The summed E-state index contributed by atoms with van der Waals surface area (Å²) >= 11 is 7.37. The van der Waals surface area contributed by atoms with E-state index in [0.29, 0.717) is 21.9 Å². The molecule has 0 saturated heterocycles. The van der Waals surface area contributed by atoms with Gasteiger partial charge in [-0.1, -0.05) is 35.5 Å². The van der Waals surface area contributed by atoms with Crippen molar-refractivity contribution in [2.24, 2.45) is 0 Å². The van der Waals surface area contributed by atoms with Crippen LogP contribution in [0.4, 0.5) is 0 Å². The molecule has 0 saturated carbocycles. The molecule has 2 aromatic carbocycles. The number of nitrogens with zero attached hydrogens (tertiary/aromatic N) is 2. The van der Waals surface area contributed by atoms with E-state index in [2.05, 4.69) is 9.97 Å². The number of aromatic nitrogens is 2. The second-order valence-electron chi connectivity index (χ2n) is 4.89. The fourth-order valence-corrected chi connectivity index (χ4v) is 2.99. The largest absolute Gasteiger partial charge is 0.444 e. The van der Waals surface area contributed by atoms with Crippen LogP contribution in [0.1, 0.15) is 5.69 Å². The van der Waals surface area contributed by atoms with Crippen molar-refractivity contribution in [1.29, 1.82) is 0 Å². The first-order valence-electron chi connectivity index (χ1n) is 6.97. The fourth-order valence-electron chi connectivity index (χ4n) is 2.15. The van der Waals surface area contributed by atoms with Crippen molar-refractivity contribution in [3.05, 3.63) is 65.5 Å². The Hall–Kier alpha value is -2.24. The summed E-state index contributed by atoms with van der Waals surface area (Å²) in [4.78, 5) is 8.90. The van der Waals surface area contributed by atoms with Gasteiger partial charge in [-0.2, -0.15) is 0 Å². The molecule has 0 spiro atoms. The van der Waals surface area contributed by atoms with E-state index >= 15 is 0 Å². The Balaban J connectivity index is 1.48. The van der Waals surface area contributed by atoms with Crippen molar-refractivity contribution >= 4 is 34.5 Å². The van der Waals surface area contributed by atoms with Gasteiger partial charge in [0.1, 0.15) is 11.8 Å². The van der Waals surface area contributed by atoms with Crippen molar-refractivity contribution in [2.75, 3.05) is 0 Å². The van der Waals surface area contributed by atoms with Gasteiger partial charge in [-0.3, -0.25) is 0 Å². The second kappa shape index (κ2) is 6.10. The number of benzene rings is 2. The van der Waals surface area contributed by atoms with Gasteiger partial charge in [0.25, 0.3) is 5.22 Å². The number of thioether (sulfide) groups is 1. The van der Waals surface area contributed by atoms with Crippen molar-refractivity contribution in [2.45, 2.75) is 11.0 Å². The first-order valence-corrected chi connectivity index (χ1v) is 8.33. The molecule has 0 bridgehead atoms. The molecule has 2 heterocycles. The van der Waals surface area contributed by atoms with E-state index in [1.165, 1.54) is 11.8 Å². The summed E-state index contributed by atoms with van der Waals surface area (Å²) in [6, 6.07) is 15.1. The highest BCUT2D eigenvalue weighted by atomic mass is 35.5. The maximum absolute atomic E-state index is 5.88. The monoisotopic (exact) mass is 342 g/mol. The van der Waals surface area contributed by atoms with Gasteiger partial charge in [0.15, 0.2) is 5.58 Å². The number of hydrogen-bond acceptors (Lipinski definition) is 5. The van der Waals surface area contributed by atoms with E-state index < -0.39 is 0 Å². The summed E-state index contributed by atoms with van der Waals surface area (Å²) in [6.45, 7) is 0. The Morgan fingerprint density at radius 3 is 2.65 bits per heavy atom. The third-order valence-corrected chi connectivity index (χ3v) is 4.37. The molecule has 4 nitrogen and oxygen atoms in total. The molecule has 0 amide bonds. The topological polar surface area (TPSA) is 52.1 Å². The highest BCUT2D eigenvalue weighted by molar-refractivity contribution is 7.98. The SMILES string of the molecule is Clc1ccc(-c2nc(CSc3nc4ccccc4o3)co2)cc1. The Labute approximate surface area is 141 Å². The zero-order valence-electron chi connectivity index (χ0n) is 11.9. The normalized spacial score (nSPS) is 11.2. The number of para-hydroxylation sites is 2. The van der Waals surface area contributed by atoms with E-state index in [1.807, 2.05) is 48.5 Å². The van der Waals surface area contributed by atoms with Crippen molar-refractivity contribution in [3.8, 4) is 11.5 Å². The van der Waals surface area contributed by atoms with Crippen molar-refractivity contribution in [1.82, 2.24) is 9.97 Å². The average molecular weight is 343 g/mol. The molecule has 0 atom stereocenters. The number of fused-ring (bicyclic) bond motifs is 1. The minimum Gasteiger partial charge on any atom is -0.444 e. The van der Waals surface area contributed by atoms with E-state index in [0.717, 1.165) is 22.4 Å². The zero-order valence-corrected chi connectivity index (χ0v) is 13.5. The summed E-state index contributed by atoms with van der Waals surface area (Å²) in [5.74, 6) is 1.21. The van der Waals surface area contributed by atoms with Gasteiger partial charge in [0.2, 0.25) is 5.89 Å². The summed E-state index contributed by atoms with van der Waals surface area (Å²) in [5.41, 5.74) is 3.38. The number of rotatable bonds is 4. The lowest BCUT2D eigenvalue weighted by Crippen LogP contribution is -1.82. The molecule has 4 rings (SSSR count). The summed E-state index contributed by atoms with van der Waals surface area (Å²) in [7, 11) is 0. The molecule has 2 aromatic heterocycles. The quantitative estimate of drug-likeness (QED) is 0.463. The Bertz CT molecular complexity index is 914. The van der Waals surface area contributed by atoms with Crippen LogP contribution in [0.25, 0.3) is 22.6 Å². The maximum Gasteiger partial charge on any atom is 0.257 e. The summed E-state index contributed by atoms with van der Waals surface area (Å²) in [6.07, 6.45) is 1.65. The molecular formula is C17H11ClN2O2S. The van der Waals surface area contributed by atoms with Crippen LogP contribution in [0.3, 0.4) is 0 Å². The van der Waals surface area contributed by atoms with Gasteiger partial charge in [-0.05, 0) is 36.4 Å². The molecule has 0 aliphatic heterocycles. The van der Waals surface area contributed by atoms with Crippen LogP contribution in [-0.2, 0) is 5.75 Å². The predicted octanol–water partition coefficient (Wildman–Crippen LogP) is 5.43. The zero-order chi connectivity index (χ0) is 15.6. The number of hydrogen-bond donors (Lipinski definition) is 0. The molecule has 23 heavy (non-hydrogen) atoms. The van der Waals surface area contributed by atoms with Crippen LogP contribution in [0.15, 0.2) is 68.9 Å². The molecule has 0 aliphatic rings. The van der Waals surface area contributed by atoms with Crippen LogP contribution in [0.2, 0.25) is 5.02 Å². The van der Waals surface area contributed by atoms with Crippen molar-refractivity contribution < 1.29 is 8.83 Å². The van der Waals surface area contributed by atoms with E-state index in [9.17, 15) is 0 Å². The molecule has 6 heteroatoms. The van der Waals surface area contributed by atoms with Crippen LogP contribution < -0.4 is 0 Å². The molecular weight excluding hydrogens is 332 g/mol. The molecule has 0 unspecified atom stereocenters. The lowest BCUT2D eigenvalue weighted by molar-refractivity contribution is 0.489. The molecule has 0 fully saturated rings. The smallest absolute Gasteiger partial charge is 0.257 e. The van der Waals surface area contributed by atoms with Crippen LogP contribution in [0, 0.1) is 0 Å². The first-order chi connectivity index (χ1) is 11.3. The van der Waals surface area contributed by atoms with Crippen LogP contribution >= 0.6 is 23.4 Å². The van der Waals surface area contributed by atoms with Gasteiger partial charge in [0.05, 0.1) is 5.69 Å². The van der Waals surface area contributed by atoms with E-state index in [4.69, 9.17) is 20.4 Å². The Kier molecular flexibility index (Phi) is 3.81. The van der Waals surface area contributed by atoms with Gasteiger partial charge in [0, 0.05) is 16.3 Å². The first kappa shape index (κ1) is 14.4. The Morgan fingerprint density at radius 1 is 1.00 bits per heavy atom. The number of oxazole rings is 2. The Morgan fingerprint density at radius 2 is 1.83 bits per heavy atom. The van der Waals surface area contributed by atoms with Crippen LogP contribution in [-0.4, -0.2) is 9.97 Å². The van der Waals surface area contributed by atoms with Gasteiger partial charge < -0.3 is 8.83 Å². The second-order valence-corrected chi connectivity index (χ2v) is 6.25. The number of halogens is 1. The van der Waals surface area contributed by atoms with E-state index in [-0.39, 0.29) is 0 Å². The highest BCUT2D eigenvalue weighted by Crippen LogP contribution is 2.27. The average Bonchev–Trinajstić information content (AvgIpc) is 3.20. The molecule has 4 aromatic rings. The third-order valence-electron chi connectivity index (χ3n) is 3.26. The van der Waals surface area contributed by atoms with Gasteiger partial charge >= 0.3 is 0 Å². The van der Waals surface area contributed by atoms with Gasteiger partial charge in [-0.25, -0.2) is 9.97 Å². The predicted molar refractivity (Wildman–Crippen MR) is 90.5 cm³/mol. The fraction of sp³-hybridized carbons (Fsp3) is 0.0588. The standard InChI is InChI=1S/C17H11ClN2O2S/c18-12-7-5-11(6-8-12)16-19-13(9-21-16)10-23-17-20-14-3-1-2-4-15(14)22-17/h1-9H,10H2. The molecule has 0 aliphatic carbocycles. The minimum absolute atomic E-state index is 0.579. The maximum atomic E-state index is 5.88. The van der Waals surface area contributed by atoms with E-state index in [1.54, 1.807) is 6.26 Å². The highest BCUT2D eigenvalue weighted by Gasteiger charge is 2.10. The minimum atomic E-state index is 0.579. The summed E-state index contributed by atoms with van der Waals surface area (Å²) < 4.78 is 11.2. The lowest BCUT2D eigenvalue weighted by atomic mass is 10.2. The van der Waals surface area contributed by atoms with Crippen molar-refractivity contribution in [3.63, 3.8) is 0 Å². The molecule has 0 radical (unpaired) electrons. The van der Waals surface area contributed by atoms with Gasteiger partial charge in [-0.15, -0.1) is 0 Å². The molecule has 114 valence electrons. The lowest BCUT2D eigenvalue weighted by Gasteiger charge is -1.94.